The highest BCUT2D eigenvalue weighted by atomic mass is 32.1. The molecule has 1 unspecified atom stereocenters. The molecule has 18 heavy (non-hydrogen) atoms. The Morgan fingerprint density at radius 3 is 1.89 bits per heavy atom. The number of thiol groups is 1. The van der Waals surface area contributed by atoms with E-state index in [2.05, 4.69) is 12.6 Å². The first-order valence-corrected chi connectivity index (χ1v) is 5.75. The van der Waals surface area contributed by atoms with Crippen molar-refractivity contribution in [3.63, 3.8) is 0 Å². The minimum absolute atomic E-state index is 0.00433. The molecule has 0 rings (SSSR count). The Kier molecular flexibility index (Phi) is 7.55. The second kappa shape index (κ2) is 7.79. The van der Waals surface area contributed by atoms with Gasteiger partial charge in [0.1, 0.15) is 24.4 Å². The lowest BCUT2D eigenvalue weighted by Gasteiger charge is -2.21. The number of Topliss-reactive ketones (excluding diaryl/α,β-unsaturated/α-hetero) is 2. The Morgan fingerprint density at radius 1 is 1.06 bits per heavy atom. The van der Waals surface area contributed by atoms with Gasteiger partial charge in [0.15, 0.2) is 11.6 Å². The highest BCUT2D eigenvalue weighted by Gasteiger charge is 2.36. The lowest BCUT2D eigenvalue weighted by Crippen LogP contribution is -2.55. The highest BCUT2D eigenvalue weighted by Crippen LogP contribution is 2.03. The largest absolute Gasteiger partial charge is 0.394 e. The van der Waals surface area contributed by atoms with Crippen LogP contribution < -0.4 is 11.5 Å². The monoisotopic (exact) mass is 282 g/mol. The zero-order chi connectivity index (χ0) is 14.5. The van der Waals surface area contributed by atoms with Gasteiger partial charge in [0, 0.05) is 11.8 Å². The number of aliphatic hydroxyl groups excluding tert-OH is 4. The summed E-state index contributed by atoms with van der Waals surface area (Å²) in [6.07, 6.45) is -5.44. The molecule has 0 fully saturated rings. The summed E-state index contributed by atoms with van der Waals surface area (Å²) in [7, 11) is 0. The Hall–Kier alpha value is -0.550. The predicted octanol–water partition coefficient (Wildman–Crippen LogP) is -4.22. The van der Waals surface area contributed by atoms with Gasteiger partial charge >= 0.3 is 0 Å². The van der Waals surface area contributed by atoms with Crippen LogP contribution in [0.1, 0.15) is 0 Å². The second-order valence-corrected chi connectivity index (χ2v) is 4.13. The van der Waals surface area contributed by atoms with Crippen LogP contribution in [-0.4, -0.2) is 74.7 Å². The van der Waals surface area contributed by atoms with Crippen LogP contribution in [0.3, 0.4) is 0 Å². The summed E-state index contributed by atoms with van der Waals surface area (Å²) in [4.78, 5) is 23.0. The van der Waals surface area contributed by atoms with Crippen LogP contribution >= 0.6 is 12.6 Å². The first kappa shape index (κ1) is 17.4. The van der Waals surface area contributed by atoms with Gasteiger partial charge in [-0.25, -0.2) is 0 Å². The fraction of sp³-hybridized carbons (Fsp3) is 0.778. The Morgan fingerprint density at radius 2 is 1.50 bits per heavy atom. The lowest BCUT2D eigenvalue weighted by atomic mass is 9.95. The average Bonchev–Trinajstić information content (AvgIpc) is 2.40. The molecule has 8 nitrogen and oxygen atoms in total. The van der Waals surface area contributed by atoms with Crippen LogP contribution in [0.25, 0.3) is 0 Å². The van der Waals surface area contributed by atoms with Gasteiger partial charge in [-0.1, -0.05) is 0 Å². The normalized spacial score (nSPS) is 19.7. The third kappa shape index (κ3) is 4.28. The SMILES string of the molecule is N[C@@H](C(=O)C(O)[C@@H](N)CS)C(=O)[C@H](O)[C@H](O)CO. The van der Waals surface area contributed by atoms with Crippen LogP contribution in [-0.2, 0) is 9.59 Å². The van der Waals surface area contributed by atoms with Crippen molar-refractivity contribution in [2.45, 2.75) is 30.4 Å². The van der Waals surface area contributed by atoms with E-state index in [4.69, 9.17) is 21.7 Å². The molecule has 0 aliphatic heterocycles. The van der Waals surface area contributed by atoms with Crippen molar-refractivity contribution < 1.29 is 30.0 Å². The van der Waals surface area contributed by atoms with Gasteiger partial charge in [0.2, 0.25) is 0 Å². The molecule has 0 aliphatic rings. The number of aliphatic hydroxyl groups is 4. The van der Waals surface area contributed by atoms with Crippen molar-refractivity contribution in [3.05, 3.63) is 0 Å². The second-order valence-electron chi connectivity index (χ2n) is 3.77. The maximum atomic E-state index is 11.5. The molecule has 0 saturated heterocycles. The summed E-state index contributed by atoms with van der Waals surface area (Å²) < 4.78 is 0. The molecule has 106 valence electrons. The third-order valence-corrected chi connectivity index (χ3v) is 2.79. The zero-order valence-corrected chi connectivity index (χ0v) is 10.4. The number of hydrogen-bond donors (Lipinski definition) is 7. The fourth-order valence-corrected chi connectivity index (χ4v) is 1.31. The van der Waals surface area contributed by atoms with Crippen molar-refractivity contribution in [2.75, 3.05) is 12.4 Å². The molecule has 0 aliphatic carbocycles. The van der Waals surface area contributed by atoms with E-state index in [0.717, 1.165) is 0 Å². The molecular weight excluding hydrogens is 264 g/mol. The van der Waals surface area contributed by atoms with Gasteiger partial charge in [-0.05, 0) is 0 Å². The van der Waals surface area contributed by atoms with E-state index in [1.165, 1.54) is 0 Å². The van der Waals surface area contributed by atoms with Crippen LogP contribution in [0.5, 0.6) is 0 Å². The van der Waals surface area contributed by atoms with Gasteiger partial charge in [0.25, 0.3) is 0 Å². The van der Waals surface area contributed by atoms with E-state index in [-0.39, 0.29) is 5.75 Å². The molecule has 0 heterocycles. The Balaban J connectivity index is 4.69. The standard InChI is InChI=1S/C9H18N2O6S/c10-3(2-18)6(14)8(16)5(11)9(17)7(15)4(13)1-12/h3-7,12-15,18H,1-2,10-11H2/t3-,4+,5-,6?,7+/m0/s1. The molecule has 0 bridgehead atoms. The van der Waals surface area contributed by atoms with E-state index in [1.54, 1.807) is 0 Å². The quantitative estimate of drug-likeness (QED) is 0.174. The summed E-state index contributed by atoms with van der Waals surface area (Å²) in [6.45, 7) is -0.869. The lowest BCUT2D eigenvalue weighted by molar-refractivity contribution is -0.142. The minimum atomic E-state index is -2.01. The van der Waals surface area contributed by atoms with Crippen molar-refractivity contribution >= 4 is 24.2 Å². The number of carbonyl (C=O) groups excluding carboxylic acids is 2. The molecular formula is C9H18N2O6S. The number of carbonyl (C=O) groups is 2. The summed E-state index contributed by atoms with van der Waals surface area (Å²) >= 11 is 3.77. The molecule has 0 amide bonds. The topological polar surface area (TPSA) is 167 Å². The van der Waals surface area contributed by atoms with E-state index >= 15 is 0 Å². The molecule has 0 aromatic heterocycles. The number of hydrogen-bond acceptors (Lipinski definition) is 9. The zero-order valence-electron chi connectivity index (χ0n) is 9.51. The number of rotatable bonds is 8. The maximum Gasteiger partial charge on any atom is 0.188 e. The summed E-state index contributed by atoms with van der Waals surface area (Å²) in [5.74, 6) is -2.28. The van der Waals surface area contributed by atoms with Gasteiger partial charge in [-0.15, -0.1) is 0 Å². The molecule has 0 saturated carbocycles. The van der Waals surface area contributed by atoms with Crippen molar-refractivity contribution in [1.82, 2.24) is 0 Å². The Labute approximate surface area is 109 Å². The van der Waals surface area contributed by atoms with E-state index in [0.29, 0.717) is 0 Å². The third-order valence-electron chi connectivity index (χ3n) is 2.36. The van der Waals surface area contributed by atoms with Gasteiger partial charge in [0.05, 0.1) is 6.61 Å². The average molecular weight is 282 g/mol. The molecule has 5 atom stereocenters. The maximum absolute atomic E-state index is 11.5. The van der Waals surface area contributed by atoms with Crippen molar-refractivity contribution in [3.8, 4) is 0 Å². The summed E-state index contributed by atoms with van der Waals surface area (Å²) in [6, 6.07) is -2.83. The molecule has 0 aromatic carbocycles. The van der Waals surface area contributed by atoms with Gasteiger partial charge in [-0.2, -0.15) is 12.6 Å². The van der Waals surface area contributed by atoms with E-state index in [9.17, 15) is 19.8 Å². The van der Waals surface area contributed by atoms with Gasteiger partial charge < -0.3 is 31.9 Å². The first-order valence-electron chi connectivity index (χ1n) is 5.12. The fourth-order valence-electron chi connectivity index (χ4n) is 1.11. The molecule has 9 heteroatoms. The molecule has 8 N–H and O–H groups in total. The molecule has 0 spiro atoms. The first-order chi connectivity index (χ1) is 8.27. The van der Waals surface area contributed by atoms with Crippen molar-refractivity contribution in [2.24, 2.45) is 11.5 Å². The predicted molar refractivity (Wildman–Crippen MR) is 64.9 cm³/mol. The summed E-state index contributed by atoms with van der Waals surface area (Å²) in [5, 5.41) is 36.3. The number of ketones is 2. The molecule has 0 aromatic rings. The van der Waals surface area contributed by atoms with Crippen LogP contribution in [0, 0.1) is 0 Å². The van der Waals surface area contributed by atoms with Crippen LogP contribution in [0.4, 0.5) is 0 Å². The van der Waals surface area contributed by atoms with Crippen molar-refractivity contribution in [1.29, 1.82) is 0 Å². The highest BCUT2D eigenvalue weighted by molar-refractivity contribution is 7.80. The van der Waals surface area contributed by atoms with Crippen LogP contribution in [0.15, 0.2) is 0 Å². The minimum Gasteiger partial charge on any atom is -0.394 e. The van der Waals surface area contributed by atoms with E-state index < -0.39 is 48.6 Å². The molecule has 0 radical (unpaired) electrons. The summed E-state index contributed by atoms with van der Waals surface area (Å²) in [5.41, 5.74) is 10.6. The van der Waals surface area contributed by atoms with Crippen LogP contribution in [0.2, 0.25) is 0 Å². The Bertz CT molecular complexity index is 275. The number of nitrogens with two attached hydrogens (primary N) is 2. The smallest absolute Gasteiger partial charge is 0.188 e. The van der Waals surface area contributed by atoms with Gasteiger partial charge in [-0.3, -0.25) is 9.59 Å². The van der Waals surface area contributed by atoms with E-state index in [1.807, 2.05) is 0 Å².